The first-order chi connectivity index (χ1) is 7.31. The van der Waals surface area contributed by atoms with Gasteiger partial charge in [0, 0.05) is 0 Å². The van der Waals surface area contributed by atoms with E-state index in [4.69, 9.17) is 0 Å². The van der Waals surface area contributed by atoms with Gasteiger partial charge in [-0.3, -0.25) is 0 Å². The highest BCUT2D eigenvalue weighted by molar-refractivity contribution is 4.84. The summed E-state index contributed by atoms with van der Waals surface area (Å²) in [4.78, 5) is 0. The summed E-state index contributed by atoms with van der Waals surface area (Å²) in [5.74, 6) is 4.06. The normalized spacial score (nSPS) is 42.8. The second-order valence-electron chi connectivity index (χ2n) is 5.82. The SMILES string of the molecule is CCC1CCC(C2CCNCC2C)CC1. The maximum atomic E-state index is 3.52. The Hall–Kier alpha value is -0.0400. The molecule has 15 heavy (non-hydrogen) atoms. The molecule has 1 N–H and O–H groups in total. The van der Waals surface area contributed by atoms with Crippen LogP contribution < -0.4 is 5.32 Å². The fourth-order valence-electron chi connectivity index (χ4n) is 3.76. The Morgan fingerprint density at radius 1 is 1.07 bits per heavy atom. The summed E-state index contributed by atoms with van der Waals surface area (Å²) >= 11 is 0. The minimum atomic E-state index is 0.918. The van der Waals surface area contributed by atoms with Gasteiger partial charge >= 0.3 is 0 Å². The molecule has 1 aliphatic carbocycles. The van der Waals surface area contributed by atoms with Gasteiger partial charge in [0.15, 0.2) is 0 Å². The van der Waals surface area contributed by atoms with Crippen LogP contribution in [0, 0.1) is 23.7 Å². The quantitative estimate of drug-likeness (QED) is 0.734. The lowest BCUT2D eigenvalue weighted by Gasteiger charge is -2.39. The van der Waals surface area contributed by atoms with E-state index in [9.17, 15) is 0 Å². The van der Waals surface area contributed by atoms with Crippen LogP contribution in [0.4, 0.5) is 0 Å². The Bertz CT molecular complexity index is 182. The molecule has 2 aliphatic rings. The fraction of sp³-hybridized carbons (Fsp3) is 1.00. The summed E-state index contributed by atoms with van der Waals surface area (Å²) in [5, 5.41) is 3.52. The number of hydrogen-bond donors (Lipinski definition) is 1. The van der Waals surface area contributed by atoms with E-state index in [1.165, 1.54) is 51.6 Å². The molecule has 1 heterocycles. The summed E-state index contributed by atoms with van der Waals surface area (Å²) in [6.45, 7) is 7.34. The molecule has 88 valence electrons. The van der Waals surface area contributed by atoms with Crippen molar-refractivity contribution in [3.05, 3.63) is 0 Å². The Morgan fingerprint density at radius 2 is 1.80 bits per heavy atom. The number of nitrogens with one attached hydrogen (secondary N) is 1. The molecule has 2 rings (SSSR count). The smallest absolute Gasteiger partial charge is 0.00204 e. The van der Waals surface area contributed by atoms with Crippen molar-refractivity contribution < 1.29 is 0 Å². The number of rotatable bonds is 2. The van der Waals surface area contributed by atoms with E-state index >= 15 is 0 Å². The molecule has 0 bridgehead atoms. The van der Waals surface area contributed by atoms with Gasteiger partial charge in [-0.05, 0) is 56.0 Å². The molecule has 0 amide bonds. The molecule has 2 atom stereocenters. The summed E-state index contributed by atoms with van der Waals surface area (Å²) < 4.78 is 0. The lowest BCUT2D eigenvalue weighted by molar-refractivity contribution is 0.129. The average molecular weight is 209 g/mol. The van der Waals surface area contributed by atoms with Crippen molar-refractivity contribution in [3.8, 4) is 0 Å². The standard InChI is InChI=1S/C14H27N/c1-3-12-4-6-13(7-5-12)14-8-9-15-10-11(14)2/h11-15H,3-10H2,1-2H3. The first-order valence-electron chi connectivity index (χ1n) is 7.02. The van der Waals surface area contributed by atoms with Gasteiger partial charge in [0.1, 0.15) is 0 Å². The number of hydrogen-bond acceptors (Lipinski definition) is 1. The van der Waals surface area contributed by atoms with E-state index in [0.29, 0.717) is 0 Å². The van der Waals surface area contributed by atoms with Gasteiger partial charge in [0.05, 0.1) is 0 Å². The van der Waals surface area contributed by atoms with Crippen molar-refractivity contribution >= 4 is 0 Å². The monoisotopic (exact) mass is 209 g/mol. The first-order valence-corrected chi connectivity index (χ1v) is 7.02. The summed E-state index contributed by atoms with van der Waals surface area (Å²) in [7, 11) is 0. The van der Waals surface area contributed by atoms with Crippen LogP contribution in [0.25, 0.3) is 0 Å². The third-order valence-corrected chi connectivity index (χ3v) is 4.93. The Kier molecular flexibility index (Phi) is 4.07. The van der Waals surface area contributed by atoms with Gasteiger partial charge in [-0.15, -0.1) is 0 Å². The molecule has 1 aliphatic heterocycles. The zero-order chi connectivity index (χ0) is 10.7. The molecule has 1 saturated carbocycles. The molecule has 0 radical (unpaired) electrons. The van der Waals surface area contributed by atoms with Gasteiger partial charge in [0.25, 0.3) is 0 Å². The second kappa shape index (κ2) is 5.34. The molecule has 0 aromatic heterocycles. The Balaban J connectivity index is 1.83. The van der Waals surface area contributed by atoms with Crippen LogP contribution in [0.2, 0.25) is 0 Å². The molecule has 0 aromatic rings. The van der Waals surface area contributed by atoms with Crippen molar-refractivity contribution in [1.29, 1.82) is 0 Å². The van der Waals surface area contributed by atoms with Crippen molar-refractivity contribution in [1.82, 2.24) is 5.32 Å². The van der Waals surface area contributed by atoms with E-state index < -0.39 is 0 Å². The van der Waals surface area contributed by atoms with Gasteiger partial charge in [-0.1, -0.05) is 33.1 Å². The minimum Gasteiger partial charge on any atom is -0.316 e. The van der Waals surface area contributed by atoms with Crippen LogP contribution in [0.5, 0.6) is 0 Å². The molecular weight excluding hydrogens is 182 g/mol. The predicted molar refractivity (Wildman–Crippen MR) is 65.9 cm³/mol. The zero-order valence-electron chi connectivity index (χ0n) is 10.5. The molecule has 2 unspecified atom stereocenters. The van der Waals surface area contributed by atoms with Crippen LogP contribution >= 0.6 is 0 Å². The van der Waals surface area contributed by atoms with Gasteiger partial charge < -0.3 is 5.32 Å². The van der Waals surface area contributed by atoms with Crippen molar-refractivity contribution in [2.24, 2.45) is 23.7 Å². The summed E-state index contributed by atoms with van der Waals surface area (Å²) in [6.07, 6.45) is 8.91. The average Bonchev–Trinajstić information content (AvgIpc) is 2.30. The lowest BCUT2D eigenvalue weighted by Crippen LogP contribution is -2.39. The van der Waals surface area contributed by atoms with E-state index in [1.807, 2.05) is 0 Å². The predicted octanol–water partition coefficient (Wildman–Crippen LogP) is 3.45. The third-order valence-electron chi connectivity index (χ3n) is 4.93. The minimum absolute atomic E-state index is 0.918. The fourth-order valence-corrected chi connectivity index (χ4v) is 3.76. The highest BCUT2D eigenvalue weighted by atomic mass is 14.9. The van der Waals surface area contributed by atoms with E-state index in [1.54, 1.807) is 0 Å². The molecule has 2 fully saturated rings. The highest BCUT2D eigenvalue weighted by Gasteiger charge is 2.31. The molecule has 1 nitrogen and oxygen atoms in total. The molecule has 1 heteroatoms. The third kappa shape index (κ3) is 2.75. The highest BCUT2D eigenvalue weighted by Crippen LogP contribution is 2.39. The topological polar surface area (TPSA) is 12.0 Å². The molecule has 0 aromatic carbocycles. The largest absolute Gasteiger partial charge is 0.316 e. The zero-order valence-corrected chi connectivity index (χ0v) is 10.5. The maximum absolute atomic E-state index is 3.52. The van der Waals surface area contributed by atoms with Gasteiger partial charge in [-0.2, -0.15) is 0 Å². The van der Waals surface area contributed by atoms with E-state index in [0.717, 1.165) is 23.7 Å². The Labute approximate surface area is 95.0 Å². The Morgan fingerprint density at radius 3 is 2.40 bits per heavy atom. The van der Waals surface area contributed by atoms with Gasteiger partial charge in [0.2, 0.25) is 0 Å². The van der Waals surface area contributed by atoms with E-state index in [-0.39, 0.29) is 0 Å². The second-order valence-corrected chi connectivity index (χ2v) is 5.82. The summed E-state index contributed by atoms with van der Waals surface area (Å²) in [6, 6.07) is 0. The van der Waals surface area contributed by atoms with Gasteiger partial charge in [-0.25, -0.2) is 0 Å². The summed E-state index contributed by atoms with van der Waals surface area (Å²) in [5.41, 5.74) is 0. The lowest BCUT2D eigenvalue weighted by atomic mass is 9.69. The van der Waals surface area contributed by atoms with Crippen molar-refractivity contribution in [3.63, 3.8) is 0 Å². The molecule has 1 saturated heterocycles. The van der Waals surface area contributed by atoms with Crippen LogP contribution in [0.1, 0.15) is 52.4 Å². The van der Waals surface area contributed by atoms with Crippen molar-refractivity contribution in [2.75, 3.05) is 13.1 Å². The number of piperidine rings is 1. The van der Waals surface area contributed by atoms with Crippen LogP contribution in [0.15, 0.2) is 0 Å². The first kappa shape index (κ1) is 11.4. The molecular formula is C14H27N. The molecule has 0 spiro atoms. The van der Waals surface area contributed by atoms with Crippen LogP contribution in [0.3, 0.4) is 0 Å². The van der Waals surface area contributed by atoms with Crippen LogP contribution in [-0.2, 0) is 0 Å². The van der Waals surface area contributed by atoms with Crippen LogP contribution in [-0.4, -0.2) is 13.1 Å². The van der Waals surface area contributed by atoms with E-state index in [2.05, 4.69) is 19.2 Å². The van der Waals surface area contributed by atoms with Crippen molar-refractivity contribution in [2.45, 2.75) is 52.4 Å². The maximum Gasteiger partial charge on any atom is -0.00204 e.